The minimum Gasteiger partial charge on any atom is -0.326 e. The molecule has 1 heterocycles. The molecule has 0 saturated carbocycles. The number of nitrogens with one attached hydrogen (secondary N) is 2. The van der Waals surface area contributed by atoms with Crippen LogP contribution in [0.25, 0.3) is 0 Å². The van der Waals surface area contributed by atoms with Gasteiger partial charge >= 0.3 is 0 Å². The number of likely N-dealkylation sites (tertiary alicyclic amines) is 1. The Labute approximate surface area is 158 Å². The molecule has 1 atom stereocenters. The Morgan fingerprint density at radius 1 is 1.00 bits per heavy atom. The van der Waals surface area contributed by atoms with Gasteiger partial charge in [-0.3, -0.25) is 14.5 Å². The van der Waals surface area contributed by atoms with Crippen LogP contribution in [0.1, 0.15) is 19.8 Å². The first-order chi connectivity index (χ1) is 13.0. The number of benzene rings is 2. The topological polar surface area (TPSA) is 61.4 Å². The number of anilines is 2. The van der Waals surface area contributed by atoms with Gasteiger partial charge in [-0.05, 0) is 63.2 Å². The first kappa shape index (κ1) is 19.0. The summed E-state index contributed by atoms with van der Waals surface area (Å²) in [6.45, 7) is 3.17. The summed E-state index contributed by atoms with van der Waals surface area (Å²) in [7, 11) is 0. The van der Waals surface area contributed by atoms with E-state index in [2.05, 4.69) is 15.5 Å². The predicted octanol–water partition coefficient (Wildman–Crippen LogP) is 3.50. The van der Waals surface area contributed by atoms with Crippen molar-refractivity contribution in [3.8, 4) is 0 Å². The number of hydrogen-bond acceptors (Lipinski definition) is 3. The monoisotopic (exact) mass is 369 g/mol. The predicted molar refractivity (Wildman–Crippen MR) is 104 cm³/mol. The lowest BCUT2D eigenvalue weighted by molar-refractivity contribution is -0.123. The number of halogens is 1. The van der Waals surface area contributed by atoms with Crippen LogP contribution >= 0.6 is 0 Å². The Morgan fingerprint density at radius 2 is 1.67 bits per heavy atom. The number of piperidine rings is 1. The first-order valence-corrected chi connectivity index (χ1v) is 9.19. The number of amides is 2. The molecule has 2 amide bonds. The molecule has 1 unspecified atom stereocenters. The van der Waals surface area contributed by atoms with Gasteiger partial charge in [-0.2, -0.15) is 0 Å². The van der Waals surface area contributed by atoms with E-state index >= 15 is 0 Å². The lowest BCUT2D eigenvalue weighted by Gasteiger charge is -2.34. The molecule has 2 N–H and O–H groups in total. The largest absolute Gasteiger partial charge is 0.326 e. The lowest BCUT2D eigenvalue weighted by atomic mass is 9.94. The van der Waals surface area contributed by atoms with Crippen molar-refractivity contribution in [2.45, 2.75) is 25.8 Å². The second-order valence-electron chi connectivity index (χ2n) is 6.84. The van der Waals surface area contributed by atoms with Crippen LogP contribution in [0.3, 0.4) is 0 Å². The summed E-state index contributed by atoms with van der Waals surface area (Å²) < 4.78 is 13.2. The summed E-state index contributed by atoms with van der Waals surface area (Å²) in [6.07, 6.45) is 1.41. The van der Waals surface area contributed by atoms with Gasteiger partial charge in [0.1, 0.15) is 5.82 Å². The highest BCUT2D eigenvalue weighted by atomic mass is 19.1. The van der Waals surface area contributed by atoms with Crippen LogP contribution in [0.2, 0.25) is 0 Å². The van der Waals surface area contributed by atoms with Crippen molar-refractivity contribution in [1.82, 2.24) is 4.90 Å². The van der Waals surface area contributed by atoms with E-state index < -0.39 is 0 Å². The minimum absolute atomic E-state index is 0.0257. The van der Waals surface area contributed by atoms with Gasteiger partial charge in [0, 0.05) is 17.3 Å². The summed E-state index contributed by atoms with van der Waals surface area (Å²) in [5.41, 5.74) is 1.25. The van der Waals surface area contributed by atoms with Gasteiger partial charge < -0.3 is 10.6 Å². The molecule has 27 heavy (non-hydrogen) atoms. The van der Waals surface area contributed by atoms with Gasteiger partial charge in [0.25, 0.3) is 0 Å². The second kappa shape index (κ2) is 8.77. The Kier molecular flexibility index (Phi) is 6.19. The van der Waals surface area contributed by atoms with Crippen LogP contribution < -0.4 is 10.6 Å². The average molecular weight is 369 g/mol. The second-order valence-corrected chi connectivity index (χ2v) is 6.84. The van der Waals surface area contributed by atoms with E-state index in [1.54, 1.807) is 12.1 Å². The molecule has 0 radical (unpaired) electrons. The molecule has 0 aromatic heterocycles. The van der Waals surface area contributed by atoms with Crippen molar-refractivity contribution < 1.29 is 14.0 Å². The van der Waals surface area contributed by atoms with Gasteiger partial charge in [0.2, 0.25) is 11.8 Å². The van der Waals surface area contributed by atoms with Crippen molar-refractivity contribution in [2.24, 2.45) is 5.92 Å². The molecule has 1 aliphatic heterocycles. The highest BCUT2D eigenvalue weighted by molar-refractivity contribution is 5.95. The fraction of sp³-hybridized carbons (Fsp3) is 0.333. The molecule has 5 nitrogen and oxygen atoms in total. The number of nitrogens with zero attached hydrogens (tertiary/aromatic N) is 1. The molecular weight excluding hydrogens is 345 g/mol. The van der Waals surface area contributed by atoms with Crippen molar-refractivity contribution in [3.05, 3.63) is 60.4 Å². The Morgan fingerprint density at radius 3 is 2.33 bits per heavy atom. The molecular formula is C21H24FN3O2. The quantitative estimate of drug-likeness (QED) is 0.848. The summed E-state index contributed by atoms with van der Waals surface area (Å²) >= 11 is 0. The zero-order chi connectivity index (χ0) is 19.2. The molecule has 2 aromatic carbocycles. The zero-order valence-electron chi connectivity index (χ0n) is 15.3. The molecule has 1 aliphatic rings. The molecule has 1 saturated heterocycles. The number of carbonyl (C=O) groups is 2. The van der Waals surface area contributed by atoms with Gasteiger partial charge in [-0.25, -0.2) is 4.39 Å². The third kappa shape index (κ3) is 5.14. The Balaban J connectivity index is 1.49. The zero-order valence-corrected chi connectivity index (χ0v) is 15.3. The highest BCUT2D eigenvalue weighted by Crippen LogP contribution is 2.21. The van der Waals surface area contributed by atoms with Crippen LogP contribution in [0.15, 0.2) is 54.6 Å². The highest BCUT2D eigenvalue weighted by Gasteiger charge is 2.29. The number of rotatable bonds is 5. The van der Waals surface area contributed by atoms with Crippen molar-refractivity contribution in [3.63, 3.8) is 0 Å². The van der Waals surface area contributed by atoms with Crippen molar-refractivity contribution >= 4 is 23.2 Å². The van der Waals surface area contributed by atoms with E-state index in [0.717, 1.165) is 5.69 Å². The van der Waals surface area contributed by atoms with E-state index in [1.807, 2.05) is 37.3 Å². The smallest absolute Gasteiger partial charge is 0.241 e. The van der Waals surface area contributed by atoms with E-state index in [9.17, 15) is 14.0 Å². The first-order valence-electron chi connectivity index (χ1n) is 9.19. The minimum atomic E-state index is -0.384. The molecule has 6 heteroatoms. The van der Waals surface area contributed by atoms with Crippen LogP contribution in [-0.4, -0.2) is 35.8 Å². The van der Waals surface area contributed by atoms with Gasteiger partial charge in [0.15, 0.2) is 0 Å². The molecule has 2 aromatic rings. The lowest BCUT2D eigenvalue weighted by Crippen LogP contribution is -2.47. The van der Waals surface area contributed by atoms with Gasteiger partial charge in [0.05, 0.1) is 6.04 Å². The SMILES string of the molecule is CC(C(=O)Nc1cccc(F)c1)N1CCC(C(=O)Nc2ccccc2)CC1. The molecule has 142 valence electrons. The maximum Gasteiger partial charge on any atom is 0.241 e. The van der Waals surface area contributed by atoms with Gasteiger partial charge in [-0.1, -0.05) is 24.3 Å². The third-order valence-corrected chi connectivity index (χ3v) is 4.96. The fourth-order valence-corrected chi connectivity index (χ4v) is 3.29. The van der Waals surface area contributed by atoms with E-state index in [0.29, 0.717) is 31.6 Å². The maximum absolute atomic E-state index is 13.2. The van der Waals surface area contributed by atoms with Crippen LogP contribution in [0.5, 0.6) is 0 Å². The van der Waals surface area contributed by atoms with Gasteiger partial charge in [-0.15, -0.1) is 0 Å². The number of hydrogen-bond donors (Lipinski definition) is 2. The standard InChI is InChI=1S/C21H24FN3O2/c1-15(20(26)24-19-9-5-6-17(22)14-19)25-12-10-16(11-13-25)21(27)23-18-7-3-2-4-8-18/h2-9,14-16H,10-13H2,1H3,(H,23,27)(H,24,26). The van der Waals surface area contributed by atoms with Crippen LogP contribution in [-0.2, 0) is 9.59 Å². The molecule has 3 rings (SSSR count). The normalized spacial score (nSPS) is 16.5. The molecule has 0 bridgehead atoms. The van der Waals surface area contributed by atoms with E-state index in [-0.39, 0.29) is 29.6 Å². The molecule has 1 fully saturated rings. The fourth-order valence-electron chi connectivity index (χ4n) is 3.29. The molecule has 0 aliphatic carbocycles. The van der Waals surface area contributed by atoms with Crippen molar-refractivity contribution in [1.29, 1.82) is 0 Å². The average Bonchev–Trinajstić information content (AvgIpc) is 2.68. The number of para-hydroxylation sites is 1. The Bertz CT molecular complexity index is 789. The number of carbonyl (C=O) groups excluding carboxylic acids is 2. The van der Waals surface area contributed by atoms with Crippen LogP contribution in [0, 0.1) is 11.7 Å². The summed E-state index contributed by atoms with van der Waals surface area (Å²) in [5, 5.41) is 5.69. The summed E-state index contributed by atoms with van der Waals surface area (Å²) in [4.78, 5) is 26.9. The van der Waals surface area contributed by atoms with E-state index in [1.165, 1.54) is 12.1 Å². The van der Waals surface area contributed by atoms with Crippen LogP contribution in [0.4, 0.5) is 15.8 Å². The summed E-state index contributed by atoms with van der Waals surface area (Å²) in [5.74, 6) is -0.587. The Hall–Kier alpha value is -2.73. The van der Waals surface area contributed by atoms with E-state index in [4.69, 9.17) is 0 Å². The molecule has 0 spiro atoms. The third-order valence-electron chi connectivity index (χ3n) is 4.96. The summed E-state index contributed by atoms with van der Waals surface area (Å²) in [6, 6.07) is 14.9. The maximum atomic E-state index is 13.2. The van der Waals surface area contributed by atoms with Crippen molar-refractivity contribution in [2.75, 3.05) is 23.7 Å².